The number of H-pyrrole nitrogens is 1. The maximum absolute atomic E-state index is 12.3. The maximum Gasteiger partial charge on any atom is 0.269 e. The molecular weight excluding hydrogens is 420 g/mol. The number of hydrogen-bond donors (Lipinski definition) is 3. The van der Waals surface area contributed by atoms with Gasteiger partial charge in [-0.3, -0.25) is 14.6 Å². The quantitative estimate of drug-likeness (QED) is 0.384. The normalized spacial score (nSPS) is 11.4. The number of nitrogens with zero attached hydrogens (tertiary/aromatic N) is 3. The maximum atomic E-state index is 12.3. The van der Waals surface area contributed by atoms with Crippen molar-refractivity contribution in [3.8, 4) is 17.0 Å². The number of anilines is 1. The van der Waals surface area contributed by atoms with E-state index in [9.17, 15) is 13.2 Å². The third-order valence-corrected chi connectivity index (χ3v) is 5.81. The molecule has 0 saturated carbocycles. The van der Waals surface area contributed by atoms with Gasteiger partial charge < -0.3 is 10.1 Å². The Kier molecular flexibility index (Phi) is 5.58. The molecule has 1 amide bonds. The van der Waals surface area contributed by atoms with Crippen molar-refractivity contribution in [1.29, 1.82) is 0 Å². The molecule has 0 saturated heterocycles. The largest absolute Gasteiger partial charge is 0.497 e. The van der Waals surface area contributed by atoms with Gasteiger partial charge in [0.1, 0.15) is 11.4 Å². The number of hydrogen-bond acceptors (Lipinski definition) is 6. The van der Waals surface area contributed by atoms with Crippen LogP contribution in [0.25, 0.3) is 16.8 Å². The Morgan fingerprint density at radius 2 is 2.06 bits per heavy atom. The molecule has 10 nitrogen and oxygen atoms in total. The van der Waals surface area contributed by atoms with Crippen LogP contribution in [0, 0.1) is 0 Å². The summed E-state index contributed by atoms with van der Waals surface area (Å²) in [6, 6.07) is 13.9. The van der Waals surface area contributed by atoms with Crippen molar-refractivity contribution in [2.24, 2.45) is 0 Å². The van der Waals surface area contributed by atoms with Crippen molar-refractivity contribution >= 4 is 27.1 Å². The Morgan fingerprint density at radius 3 is 2.90 bits per heavy atom. The lowest BCUT2D eigenvalue weighted by molar-refractivity contribution is 0.0951. The number of sulfonamides is 1. The fraction of sp³-hybridized carbons (Fsp3) is 0.150. The second kappa shape index (κ2) is 8.48. The predicted octanol–water partition coefficient (Wildman–Crippen LogP) is 1.90. The van der Waals surface area contributed by atoms with Crippen molar-refractivity contribution in [3.05, 3.63) is 66.6 Å². The zero-order chi connectivity index (χ0) is 21.8. The van der Waals surface area contributed by atoms with E-state index in [1.54, 1.807) is 54.4 Å². The van der Waals surface area contributed by atoms with Gasteiger partial charge in [0.15, 0.2) is 0 Å². The van der Waals surface area contributed by atoms with Crippen LogP contribution in [0.5, 0.6) is 5.75 Å². The molecule has 0 aliphatic carbocycles. The summed E-state index contributed by atoms with van der Waals surface area (Å²) in [5.41, 5.74) is 2.79. The lowest BCUT2D eigenvalue weighted by Gasteiger charge is -2.09. The smallest absolute Gasteiger partial charge is 0.269 e. The number of aromatic amines is 1. The van der Waals surface area contributed by atoms with Crippen molar-refractivity contribution in [2.75, 3.05) is 24.1 Å². The molecule has 0 atom stereocenters. The summed E-state index contributed by atoms with van der Waals surface area (Å²) in [5, 5.41) is 13.5. The van der Waals surface area contributed by atoms with Crippen molar-refractivity contribution in [3.63, 3.8) is 0 Å². The molecule has 3 aromatic heterocycles. The highest BCUT2D eigenvalue weighted by Crippen LogP contribution is 2.22. The number of aromatic nitrogens is 4. The fourth-order valence-corrected chi connectivity index (χ4v) is 3.94. The molecular formula is C20H20N6O4S. The van der Waals surface area contributed by atoms with Crippen LogP contribution in [0.2, 0.25) is 0 Å². The van der Waals surface area contributed by atoms with Gasteiger partial charge in [-0.15, -0.1) is 0 Å². The van der Waals surface area contributed by atoms with Crippen molar-refractivity contribution in [1.82, 2.24) is 25.1 Å². The SMILES string of the molecule is COc1cccc(-c2cc(C(=O)NCCS(=O)(=O)Nc3ccn4nccc4c3)[nH]n2)c1. The zero-order valence-corrected chi connectivity index (χ0v) is 17.4. The minimum atomic E-state index is -3.64. The first-order valence-corrected chi connectivity index (χ1v) is 11.0. The Labute approximate surface area is 178 Å². The van der Waals surface area contributed by atoms with E-state index in [0.717, 1.165) is 11.1 Å². The molecule has 4 rings (SSSR count). The van der Waals surface area contributed by atoms with E-state index in [-0.39, 0.29) is 18.0 Å². The topological polar surface area (TPSA) is 130 Å². The highest BCUT2D eigenvalue weighted by atomic mass is 32.2. The van der Waals surface area contributed by atoms with Crippen LogP contribution in [0.4, 0.5) is 5.69 Å². The second-order valence-corrected chi connectivity index (χ2v) is 8.53. The first kappa shape index (κ1) is 20.4. The van der Waals surface area contributed by atoms with Crippen molar-refractivity contribution in [2.45, 2.75) is 0 Å². The Balaban J connectivity index is 1.33. The molecule has 0 aliphatic rings. The molecule has 4 aromatic rings. The van der Waals surface area contributed by atoms with Crippen LogP contribution in [0.3, 0.4) is 0 Å². The molecule has 3 N–H and O–H groups in total. The fourth-order valence-electron chi connectivity index (χ4n) is 2.98. The van der Waals surface area contributed by atoms with Gasteiger partial charge in [-0.05, 0) is 36.4 Å². The van der Waals surface area contributed by atoms with Gasteiger partial charge in [-0.2, -0.15) is 10.2 Å². The van der Waals surface area contributed by atoms with E-state index in [4.69, 9.17) is 4.74 Å². The monoisotopic (exact) mass is 440 g/mol. The summed E-state index contributed by atoms with van der Waals surface area (Å²) in [6.45, 7) is -0.0589. The van der Waals surface area contributed by atoms with Crippen LogP contribution in [-0.4, -0.2) is 53.5 Å². The minimum absolute atomic E-state index is 0.0589. The number of fused-ring (bicyclic) bond motifs is 1. The Hall–Kier alpha value is -3.86. The third-order valence-electron chi connectivity index (χ3n) is 4.52. The van der Waals surface area contributed by atoms with E-state index in [2.05, 4.69) is 25.3 Å². The van der Waals surface area contributed by atoms with Crippen molar-refractivity contribution < 1.29 is 17.9 Å². The van der Waals surface area contributed by atoms with Gasteiger partial charge in [0.25, 0.3) is 5.91 Å². The molecule has 31 heavy (non-hydrogen) atoms. The number of rotatable bonds is 8. The van der Waals surface area contributed by atoms with E-state index >= 15 is 0 Å². The lowest BCUT2D eigenvalue weighted by Crippen LogP contribution is -2.31. The number of carbonyl (C=O) groups excluding carboxylic acids is 1. The van der Waals surface area contributed by atoms with Gasteiger partial charge >= 0.3 is 0 Å². The number of benzene rings is 1. The number of pyridine rings is 1. The zero-order valence-electron chi connectivity index (χ0n) is 16.6. The highest BCUT2D eigenvalue weighted by molar-refractivity contribution is 7.92. The van der Waals surface area contributed by atoms with Crippen LogP contribution < -0.4 is 14.8 Å². The molecule has 0 aliphatic heterocycles. The van der Waals surface area contributed by atoms with Gasteiger partial charge in [-0.25, -0.2) is 12.9 Å². The summed E-state index contributed by atoms with van der Waals surface area (Å²) in [5.74, 6) is -0.0471. The molecule has 0 unspecified atom stereocenters. The summed E-state index contributed by atoms with van der Waals surface area (Å²) in [7, 11) is -2.07. The molecule has 0 fully saturated rings. The molecule has 0 spiro atoms. The van der Waals surface area contributed by atoms with Crippen LogP contribution >= 0.6 is 0 Å². The average molecular weight is 440 g/mol. The Morgan fingerprint density at radius 1 is 1.19 bits per heavy atom. The first-order valence-electron chi connectivity index (χ1n) is 9.35. The molecule has 3 heterocycles. The molecule has 11 heteroatoms. The summed E-state index contributed by atoms with van der Waals surface area (Å²) in [4.78, 5) is 12.3. The third kappa shape index (κ3) is 4.83. The molecule has 0 bridgehead atoms. The average Bonchev–Trinajstić information content (AvgIpc) is 3.42. The number of methoxy groups -OCH3 is 1. The van der Waals surface area contributed by atoms with Crippen LogP contribution in [-0.2, 0) is 10.0 Å². The second-order valence-electron chi connectivity index (χ2n) is 6.69. The number of carbonyl (C=O) groups is 1. The highest BCUT2D eigenvalue weighted by Gasteiger charge is 2.15. The van der Waals surface area contributed by atoms with Gasteiger partial charge in [-0.1, -0.05) is 12.1 Å². The van der Waals surface area contributed by atoms with E-state index < -0.39 is 15.9 Å². The van der Waals surface area contributed by atoms with Gasteiger partial charge in [0.05, 0.1) is 29.8 Å². The number of amides is 1. The molecule has 160 valence electrons. The minimum Gasteiger partial charge on any atom is -0.497 e. The van der Waals surface area contributed by atoms with E-state index in [0.29, 0.717) is 17.1 Å². The summed E-state index contributed by atoms with van der Waals surface area (Å²) in [6.07, 6.45) is 3.28. The standard InChI is InChI=1S/C20H20N6O4S/c1-30-17-4-2-3-14(11-17)18-13-19(24-23-18)20(27)21-8-10-31(28,29)25-15-6-9-26-16(12-15)5-7-22-26/h2-7,9,11-13,25H,8,10H2,1H3,(H,21,27)(H,23,24). The van der Waals surface area contributed by atoms with Crippen LogP contribution in [0.15, 0.2) is 60.9 Å². The lowest BCUT2D eigenvalue weighted by atomic mass is 10.1. The van der Waals surface area contributed by atoms with E-state index in [1.165, 1.54) is 0 Å². The Bertz CT molecular complexity index is 1330. The first-order chi connectivity index (χ1) is 14.9. The number of nitrogens with one attached hydrogen (secondary N) is 3. The summed E-state index contributed by atoms with van der Waals surface area (Å²) >= 11 is 0. The summed E-state index contributed by atoms with van der Waals surface area (Å²) < 4.78 is 34.0. The van der Waals surface area contributed by atoms with Crippen LogP contribution in [0.1, 0.15) is 10.5 Å². The molecule has 1 aromatic carbocycles. The van der Waals surface area contributed by atoms with E-state index in [1.807, 2.05) is 18.2 Å². The predicted molar refractivity (Wildman–Crippen MR) is 116 cm³/mol. The van der Waals surface area contributed by atoms with Gasteiger partial charge in [0, 0.05) is 24.5 Å². The molecule has 0 radical (unpaired) electrons. The number of ether oxygens (including phenoxy) is 1. The van der Waals surface area contributed by atoms with Gasteiger partial charge in [0.2, 0.25) is 10.0 Å².